The fraction of sp³-hybridized carbons (Fsp3) is 0.176. The summed E-state index contributed by atoms with van der Waals surface area (Å²) < 4.78 is 10.4. The van der Waals surface area contributed by atoms with Crippen LogP contribution in [-0.4, -0.2) is 30.9 Å². The summed E-state index contributed by atoms with van der Waals surface area (Å²) in [6.07, 6.45) is 1.51. The molecule has 2 aromatic rings. The van der Waals surface area contributed by atoms with Crippen LogP contribution in [0.15, 0.2) is 47.6 Å². The van der Waals surface area contributed by atoms with Crippen molar-refractivity contribution in [1.29, 1.82) is 0 Å². The normalized spacial score (nSPS) is 10.5. The van der Waals surface area contributed by atoms with Gasteiger partial charge in [-0.2, -0.15) is 5.10 Å². The van der Waals surface area contributed by atoms with Crippen LogP contribution in [0.4, 0.5) is 0 Å². The summed E-state index contributed by atoms with van der Waals surface area (Å²) in [5, 5.41) is 13.5. The van der Waals surface area contributed by atoms with Gasteiger partial charge >= 0.3 is 0 Å². The van der Waals surface area contributed by atoms with E-state index in [4.69, 9.17) is 9.47 Å². The molecule has 6 heteroatoms. The maximum atomic E-state index is 12.0. The summed E-state index contributed by atoms with van der Waals surface area (Å²) in [6, 6.07) is 11.7. The number of benzene rings is 2. The number of hydrogen-bond donors (Lipinski definition) is 2. The van der Waals surface area contributed by atoms with Crippen molar-refractivity contribution in [3.05, 3.63) is 53.6 Å². The van der Waals surface area contributed by atoms with Crippen molar-refractivity contribution < 1.29 is 19.4 Å². The third-order valence-corrected chi connectivity index (χ3v) is 3.03. The molecule has 6 nitrogen and oxygen atoms in total. The van der Waals surface area contributed by atoms with Gasteiger partial charge < -0.3 is 14.6 Å². The minimum atomic E-state index is -0.409. The highest BCUT2D eigenvalue weighted by Crippen LogP contribution is 2.26. The summed E-state index contributed by atoms with van der Waals surface area (Å²) in [5.41, 5.74) is 3.52. The van der Waals surface area contributed by atoms with Crippen LogP contribution in [0.2, 0.25) is 0 Å². The fourth-order valence-corrected chi connectivity index (χ4v) is 1.92. The highest BCUT2D eigenvalue weighted by atomic mass is 16.5. The van der Waals surface area contributed by atoms with Gasteiger partial charge in [0.05, 0.1) is 19.9 Å². The number of methoxy groups -OCH3 is 1. The van der Waals surface area contributed by atoms with Gasteiger partial charge in [0.25, 0.3) is 5.91 Å². The monoisotopic (exact) mass is 314 g/mol. The number of nitrogens with zero attached hydrogens (tertiary/aromatic N) is 1. The number of nitrogens with one attached hydrogen (secondary N) is 1. The molecule has 0 aromatic heterocycles. The number of carbonyl (C=O) groups excluding carboxylic acids is 1. The van der Waals surface area contributed by atoms with E-state index in [1.54, 1.807) is 0 Å². The van der Waals surface area contributed by atoms with Gasteiger partial charge in [0.2, 0.25) is 0 Å². The largest absolute Gasteiger partial charge is 0.504 e. The van der Waals surface area contributed by atoms with Crippen molar-refractivity contribution in [2.75, 3.05) is 13.7 Å². The number of phenolic OH excluding ortho intramolecular Hbond substituents is 1. The second kappa shape index (κ2) is 7.84. The molecule has 2 N–H and O–H groups in total. The van der Waals surface area contributed by atoms with Crippen LogP contribution >= 0.6 is 0 Å². The highest BCUT2D eigenvalue weighted by Gasteiger charge is 2.09. The van der Waals surface area contributed by atoms with Gasteiger partial charge in [-0.15, -0.1) is 0 Å². The molecule has 0 unspecified atom stereocenters. The number of ether oxygens (including phenoxy) is 2. The van der Waals surface area contributed by atoms with Crippen molar-refractivity contribution >= 4 is 12.1 Å². The summed E-state index contributed by atoms with van der Waals surface area (Å²) in [4.78, 5) is 12.0. The van der Waals surface area contributed by atoms with Crippen LogP contribution in [0.25, 0.3) is 0 Å². The second-order valence-corrected chi connectivity index (χ2v) is 4.56. The zero-order chi connectivity index (χ0) is 16.7. The molecule has 0 atom stereocenters. The Balaban J connectivity index is 2.07. The molecule has 0 fully saturated rings. The molecule has 0 aliphatic rings. The molecule has 120 valence electrons. The molecule has 0 aliphatic heterocycles. The van der Waals surface area contributed by atoms with E-state index >= 15 is 0 Å². The molecule has 0 saturated heterocycles. The molecular formula is C17H18N2O4. The summed E-state index contributed by atoms with van der Waals surface area (Å²) in [7, 11) is 1.42. The van der Waals surface area contributed by atoms with Gasteiger partial charge in [0.1, 0.15) is 5.75 Å². The smallest absolute Gasteiger partial charge is 0.271 e. The van der Waals surface area contributed by atoms with Gasteiger partial charge in [-0.1, -0.05) is 12.1 Å². The van der Waals surface area contributed by atoms with E-state index < -0.39 is 5.91 Å². The predicted octanol–water partition coefficient (Wildman–Crippen LogP) is 2.56. The first kappa shape index (κ1) is 16.4. The zero-order valence-corrected chi connectivity index (χ0v) is 12.9. The van der Waals surface area contributed by atoms with E-state index in [1.165, 1.54) is 31.5 Å². The average Bonchev–Trinajstić information content (AvgIpc) is 2.57. The second-order valence-electron chi connectivity index (χ2n) is 4.56. The Bertz CT molecular complexity index is 713. The summed E-state index contributed by atoms with van der Waals surface area (Å²) in [6.45, 7) is 2.44. The molecular weight excluding hydrogens is 296 g/mol. The lowest BCUT2D eigenvalue weighted by Gasteiger charge is -2.06. The molecule has 1 amide bonds. The SMILES string of the molecule is CCOc1ccccc1/C=N/NC(=O)c1ccc(O)c(OC)c1. The van der Waals surface area contributed by atoms with Crippen molar-refractivity contribution in [3.63, 3.8) is 0 Å². The Hall–Kier alpha value is -3.02. The van der Waals surface area contributed by atoms with E-state index in [0.29, 0.717) is 17.9 Å². The van der Waals surface area contributed by atoms with Crippen LogP contribution in [0.3, 0.4) is 0 Å². The van der Waals surface area contributed by atoms with Crippen molar-refractivity contribution in [3.8, 4) is 17.2 Å². The van der Waals surface area contributed by atoms with Crippen molar-refractivity contribution in [2.24, 2.45) is 5.10 Å². The van der Waals surface area contributed by atoms with Crippen LogP contribution in [0, 0.1) is 0 Å². The van der Waals surface area contributed by atoms with Crippen LogP contribution in [0.5, 0.6) is 17.2 Å². The lowest BCUT2D eigenvalue weighted by molar-refractivity contribution is 0.0954. The summed E-state index contributed by atoms with van der Waals surface area (Å²) >= 11 is 0. The number of carbonyl (C=O) groups is 1. The minimum Gasteiger partial charge on any atom is -0.504 e. The zero-order valence-electron chi connectivity index (χ0n) is 12.9. The van der Waals surface area contributed by atoms with Crippen molar-refractivity contribution in [2.45, 2.75) is 6.92 Å². The first-order valence-electron chi connectivity index (χ1n) is 7.08. The number of hydrogen-bond acceptors (Lipinski definition) is 5. The predicted molar refractivity (Wildman–Crippen MR) is 87.3 cm³/mol. The Morgan fingerprint density at radius 2 is 2.04 bits per heavy atom. The quantitative estimate of drug-likeness (QED) is 0.634. The standard InChI is InChI=1S/C17H18N2O4/c1-3-23-15-7-5-4-6-13(15)11-18-19-17(21)12-8-9-14(20)16(10-12)22-2/h4-11,20H,3H2,1-2H3,(H,19,21)/b18-11+. The van der Waals surface area contributed by atoms with Gasteiger partial charge in [-0.25, -0.2) is 5.43 Å². The number of para-hydroxylation sites is 1. The first-order chi connectivity index (χ1) is 11.2. The molecule has 0 bridgehead atoms. The van der Waals surface area contributed by atoms with E-state index in [0.717, 1.165) is 5.56 Å². The van der Waals surface area contributed by atoms with Crippen LogP contribution < -0.4 is 14.9 Å². The van der Waals surface area contributed by atoms with Crippen LogP contribution in [0.1, 0.15) is 22.8 Å². The van der Waals surface area contributed by atoms with E-state index in [9.17, 15) is 9.90 Å². The molecule has 23 heavy (non-hydrogen) atoms. The molecule has 2 aromatic carbocycles. The summed E-state index contributed by atoms with van der Waals surface area (Å²) in [5.74, 6) is 0.481. The highest BCUT2D eigenvalue weighted by molar-refractivity contribution is 5.95. The molecule has 0 aliphatic carbocycles. The minimum absolute atomic E-state index is 0.0295. The van der Waals surface area contributed by atoms with Gasteiger partial charge in [0, 0.05) is 11.1 Å². The molecule has 2 rings (SSSR count). The average molecular weight is 314 g/mol. The van der Waals surface area contributed by atoms with Gasteiger partial charge in [-0.3, -0.25) is 4.79 Å². The Labute approximate surface area is 134 Å². The first-order valence-corrected chi connectivity index (χ1v) is 7.08. The maximum Gasteiger partial charge on any atom is 0.271 e. The Kier molecular flexibility index (Phi) is 5.57. The number of aromatic hydroxyl groups is 1. The number of phenols is 1. The molecule has 0 radical (unpaired) electrons. The van der Waals surface area contributed by atoms with Crippen LogP contribution in [-0.2, 0) is 0 Å². The van der Waals surface area contributed by atoms with E-state index in [2.05, 4.69) is 10.5 Å². The topological polar surface area (TPSA) is 80.2 Å². The van der Waals surface area contributed by atoms with Crippen molar-refractivity contribution in [1.82, 2.24) is 5.43 Å². The van der Waals surface area contributed by atoms with E-state index in [-0.39, 0.29) is 11.5 Å². The number of amides is 1. The number of hydrazone groups is 1. The Morgan fingerprint density at radius 3 is 2.78 bits per heavy atom. The molecule has 0 saturated carbocycles. The maximum absolute atomic E-state index is 12.0. The van der Waals surface area contributed by atoms with Gasteiger partial charge in [-0.05, 0) is 37.3 Å². The third-order valence-electron chi connectivity index (χ3n) is 3.03. The third kappa shape index (κ3) is 4.23. The lowest BCUT2D eigenvalue weighted by atomic mass is 10.2. The van der Waals surface area contributed by atoms with Gasteiger partial charge in [0.15, 0.2) is 11.5 Å². The van der Waals surface area contributed by atoms with E-state index in [1.807, 2.05) is 31.2 Å². The Morgan fingerprint density at radius 1 is 1.26 bits per heavy atom. The molecule has 0 heterocycles. The number of rotatable bonds is 6. The fourth-order valence-electron chi connectivity index (χ4n) is 1.92. The lowest BCUT2D eigenvalue weighted by Crippen LogP contribution is -2.17. The molecule has 0 spiro atoms.